The van der Waals surface area contributed by atoms with Crippen LogP contribution >= 0.6 is 0 Å². The number of carbonyl (C=O) groups excluding carboxylic acids is 1. The first-order valence-corrected chi connectivity index (χ1v) is 11.6. The first-order chi connectivity index (χ1) is 13.6. The van der Waals surface area contributed by atoms with Crippen molar-refractivity contribution in [2.45, 2.75) is 30.9 Å². The molecule has 4 rings (SSSR count). The summed E-state index contributed by atoms with van der Waals surface area (Å²) in [6.07, 6.45) is 5.21. The van der Waals surface area contributed by atoms with Crippen molar-refractivity contribution in [3.8, 4) is 0 Å². The summed E-state index contributed by atoms with van der Waals surface area (Å²) in [5.74, 6) is 0.611. The van der Waals surface area contributed by atoms with Gasteiger partial charge < -0.3 is 14.5 Å². The number of hydrogen-bond donors (Lipinski definition) is 0. The van der Waals surface area contributed by atoms with Crippen LogP contribution in [0.1, 0.15) is 36.0 Å². The van der Waals surface area contributed by atoms with Gasteiger partial charge in [0.15, 0.2) is 0 Å². The molecule has 1 amide bonds. The number of sulfonamides is 1. The van der Waals surface area contributed by atoms with Gasteiger partial charge in [-0.25, -0.2) is 13.4 Å². The quantitative estimate of drug-likeness (QED) is 0.738. The lowest BCUT2D eigenvalue weighted by Gasteiger charge is -2.36. The number of nitrogens with zero attached hydrogens (tertiary/aromatic N) is 4. The maximum Gasteiger partial charge on any atom is 0.257 e. The van der Waals surface area contributed by atoms with Gasteiger partial charge in [0.05, 0.1) is 24.0 Å². The number of piperidine rings is 1. The van der Waals surface area contributed by atoms with E-state index >= 15 is 0 Å². The third-order valence-electron chi connectivity index (χ3n) is 5.84. The second kappa shape index (κ2) is 8.34. The zero-order valence-corrected chi connectivity index (χ0v) is 16.9. The Morgan fingerprint density at radius 3 is 2.57 bits per heavy atom. The molecule has 4 heterocycles. The zero-order valence-electron chi connectivity index (χ0n) is 16.1. The molecule has 1 aromatic rings. The average molecular weight is 409 g/mol. The van der Waals surface area contributed by atoms with E-state index in [-0.39, 0.29) is 12.5 Å². The number of hydrogen-bond acceptors (Lipinski definition) is 6. The van der Waals surface area contributed by atoms with Gasteiger partial charge in [0, 0.05) is 45.5 Å². The van der Waals surface area contributed by atoms with E-state index in [0.717, 1.165) is 31.7 Å². The fraction of sp³-hybridized carbons (Fsp3) is 0.684. The van der Waals surface area contributed by atoms with E-state index in [2.05, 4.69) is 9.88 Å². The van der Waals surface area contributed by atoms with E-state index in [4.69, 9.17) is 4.74 Å². The van der Waals surface area contributed by atoms with Gasteiger partial charge in [-0.15, -0.1) is 0 Å². The molecule has 0 saturated carbocycles. The molecule has 1 unspecified atom stereocenters. The lowest BCUT2D eigenvalue weighted by atomic mass is 10.1. The molecule has 8 nitrogen and oxygen atoms in total. The predicted molar refractivity (Wildman–Crippen MR) is 106 cm³/mol. The van der Waals surface area contributed by atoms with Crippen LogP contribution in [-0.4, -0.2) is 86.2 Å². The van der Waals surface area contributed by atoms with Gasteiger partial charge in [-0.2, -0.15) is 4.31 Å². The summed E-state index contributed by atoms with van der Waals surface area (Å²) in [4.78, 5) is 21.6. The number of pyridine rings is 1. The number of amides is 1. The van der Waals surface area contributed by atoms with Crippen LogP contribution in [0.5, 0.6) is 0 Å². The van der Waals surface area contributed by atoms with Crippen LogP contribution in [0, 0.1) is 0 Å². The Labute approximate surface area is 166 Å². The van der Waals surface area contributed by atoms with Gasteiger partial charge in [-0.1, -0.05) is 0 Å². The molecule has 28 heavy (non-hydrogen) atoms. The number of morpholine rings is 1. The molecule has 0 N–H and O–H groups in total. The standard InChI is InChI=1S/C19H28N4O4S/c24-19(17-6-3-7-20-18(17)21-8-1-2-9-21)22-10-4-5-16(15-22)28(25,26)23-11-13-27-14-12-23/h3,6-7,16H,1-2,4-5,8-15H2. The first kappa shape index (κ1) is 19.6. The third-order valence-corrected chi connectivity index (χ3v) is 8.15. The Morgan fingerprint density at radius 2 is 1.82 bits per heavy atom. The van der Waals surface area contributed by atoms with Crippen LogP contribution in [0.2, 0.25) is 0 Å². The van der Waals surface area contributed by atoms with Crippen molar-refractivity contribution >= 4 is 21.7 Å². The average Bonchev–Trinajstić information content (AvgIpc) is 3.29. The highest BCUT2D eigenvalue weighted by Gasteiger charge is 2.38. The van der Waals surface area contributed by atoms with Crippen LogP contribution in [0.3, 0.4) is 0 Å². The van der Waals surface area contributed by atoms with Gasteiger partial charge in [-0.05, 0) is 37.8 Å². The number of ether oxygens (including phenoxy) is 1. The fourth-order valence-corrected chi connectivity index (χ4v) is 6.21. The molecule has 9 heteroatoms. The smallest absolute Gasteiger partial charge is 0.257 e. The van der Waals surface area contributed by atoms with Crippen molar-refractivity contribution in [2.24, 2.45) is 0 Å². The summed E-state index contributed by atoms with van der Waals surface area (Å²) >= 11 is 0. The van der Waals surface area contributed by atoms with E-state index in [9.17, 15) is 13.2 Å². The molecule has 0 aromatic carbocycles. The lowest BCUT2D eigenvalue weighted by Crippen LogP contribution is -2.52. The predicted octanol–water partition coefficient (Wildman–Crippen LogP) is 0.948. The topological polar surface area (TPSA) is 83.1 Å². The minimum Gasteiger partial charge on any atom is -0.379 e. The summed E-state index contributed by atoms with van der Waals surface area (Å²) in [6, 6.07) is 3.59. The number of anilines is 1. The van der Waals surface area contributed by atoms with Crippen LogP contribution in [0.4, 0.5) is 5.82 Å². The van der Waals surface area contributed by atoms with Crippen molar-refractivity contribution in [3.63, 3.8) is 0 Å². The molecular formula is C19H28N4O4S. The highest BCUT2D eigenvalue weighted by Crippen LogP contribution is 2.26. The molecule has 0 radical (unpaired) electrons. The molecule has 3 aliphatic heterocycles. The van der Waals surface area contributed by atoms with Crippen LogP contribution in [0.15, 0.2) is 18.3 Å². The number of carbonyl (C=O) groups is 1. The summed E-state index contributed by atoms with van der Waals surface area (Å²) in [5.41, 5.74) is 0.578. The van der Waals surface area contributed by atoms with Gasteiger partial charge >= 0.3 is 0 Å². The molecule has 154 valence electrons. The van der Waals surface area contributed by atoms with Gasteiger partial charge in [0.25, 0.3) is 5.91 Å². The lowest BCUT2D eigenvalue weighted by molar-refractivity contribution is 0.0686. The first-order valence-electron chi connectivity index (χ1n) is 10.1. The van der Waals surface area contributed by atoms with Crippen LogP contribution in [0.25, 0.3) is 0 Å². The molecule has 1 atom stereocenters. The number of likely N-dealkylation sites (tertiary alicyclic amines) is 1. The van der Waals surface area contributed by atoms with E-state index in [1.807, 2.05) is 6.07 Å². The van der Waals surface area contributed by atoms with Crippen molar-refractivity contribution in [3.05, 3.63) is 23.9 Å². The Kier molecular flexibility index (Phi) is 5.84. The summed E-state index contributed by atoms with van der Waals surface area (Å²) in [6.45, 7) is 4.31. The molecule has 0 spiro atoms. The Bertz CT molecular complexity index is 804. The molecule has 0 aliphatic carbocycles. The maximum atomic E-state index is 13.3. The maximum absolute atomic E-state index is 13.3. The summed E-state index contributed by atoms with van der Waals surface area (Å²) in [7, 11) is -3.43. The summed E-state index contributed by atoms with van der Waals surface area (Å²) < 4.78 is 32.9. The Morgan fingerprint density at radius 1 is 1.07 bits per heavy atom. The van der Waals surface area contributed by atoms with Crippen LogP contribution < -0.4 is 4.90 Å². The van der Waals surface area contributed by atoms with Gasteiger partial charge in [0.2, 0.25) is 10.0 Å². The minimum atomic E-state index is -3.43. The van der Waals surface area contributed by atoms with Crippen LogP contribution in [-0.2, 0) is 14.8 Å². The molecule has 1 aromatic heterocycles. The van der Waals surface area contributed by atoms with Crippen molar-refractivity contribution in [2.75, 3.05) is 57.4 Å². The minimum absolute atomic E-state index is 0.114. The molecule has 3 fully saturated rings. The molecule has 0 bridgehead atoms. The van der Waals surface area contributed by atoms with E-state index in [1.165, 1.54) is 4.31 Å². The zero-order chi connectivity index (χ0) is 19.6. The Balaban J connectivity index is 1.51. The van der Waals surface area contributed by atoms with E-state index in [1.54, 1.807) is 17.2 Å². The van der Waals surface area contributed by atoms with Gasteiger partial charge in [0.1, 0.15) is 5.82 Å². The normalized spacial score (nSPS) is 24.5. The second-order valence-corrected chi connectivity index (χ2v) is 9.85. The molecule has 3 aliphatic rings. The highest BCUT2D eigenvalue weighted by atomic mass is 32.2. The van der Waals surface area contributed by atoms with E-state index in [0.29, 0.717) is 51.3 Å². The summed E-state index contributed by atoms with van der Waals surface area (Å²) in [5, 5.41) is -0.546. The van der Waals surface area contributed by atoms with Crippen molar-refractivity contribution in [1.82, 2.24) is 14.2 Å². The second-order valence-electron chi connectivity index (χ2n) is 7.64. The van der Waals surface area contributed by atoms with E-state index < -0.39 is 15.3 Å². The number of rotatable bonds is 4. The third kappa shape index (κ3) is 3.88. The fourth-order valence-electron chi connectivity index (χ4n) is 4.29. The SMILES string of the molecule is O=C(c1cccnc1N1CCCC1)N1CCCC(S(=O)(=O)N2CCOCC2)C1. The Hall–Kier alpha value is -1.71. The van der Waals surface area contributed by atoms with Crippen molar-refractivity contribution in [1.29, 1.82) is 0 Å². The highest BCUT2D eigenvalue weighted by molar-refractivity contribution is 7.89. The largest absolute Gasteiger partial charge is 0.379 e. The van der Waals surface area contributed by atoms with Crippen molar-refractivity contribution < 1.29 is 17.9 Å². The molecular weight excluding hydrogens is 380 g/mol. The number of aromatic nitrogens is 1. The molecule has 3 saturated heterocycles. The van der Waals surface area contributed by atoms with Gasteiger partial charge in [-0.3, -0.25) is 4.79 Å². The monoisotopic (exact) mass is 408 g/mol.